The Bertz CT molecular complexity index is 590. The lowest BCUT2D eigenvalue weighted by Gasteiger charge is -2.07. The van der Waals surface area contributed by atoms with Crippen molar-refractivity contribution in [3.63, 3.8) is 0 Å². The minimum atomic E-state index is -0.272. The van der Waals surface area contributed by atoms with Gasteiger partial charge in [0.15, 0.2) is 10.9 Å². The number of hydrogen-bond donors (Lipinski definition) is 1. The average Bonchev–Trinajstić information content (AvgIpc) is 2.99. The predicted octanol–water partition coefficient (Wildman–Crippen LogP) is 2.26. The van der Waals surface area contributed by atoms with Crippen LogP contribution in [0, 0.1) is 0 Å². The molecule has 0 atom stereocenters. The topological polar surface area (TPSA) is 72.7 Å². The maximum Gasteiger partial charge on any atom is 0.271 e. The molecule has 0 spiro atoms. The normalized spacial score (nSPS) is 10.6. The highest BCUT2D eigenvalue weighted by Crippen LogP contribution is 2.17. The third-order valence-corrected chi connectivity index (χ3v) is 3.67. The van der Waals surface area contributed by atoms with Crippen molar-refractivity contribution in [1.82, 2.24) is 24.8 Å². The van der Waals surface area contributed by atoms with Crippen molar-refractivity contribution in [3.05, 3.63) is 35.6 Å². The number of aromatic nitrogens is 4. The van der Waals surface area contributed by atoms with E-state index in [0.717, 1.165) is 18.7 Å². The molecule has 0 aromatic carbocycles. The highest BCUT2D eigenvalue weighted by molar-refractivity contribution is 7.99. The molecule has 6 nitrogen and oxygen atoms in total. The smallest absolute Gasteiger partial charge is 0.271 e. The van der Waals surface area contributed by atoms with Crippen molar-refractivity contribution >= 4 is 29.3 Å². The second-order valence-electron chi connectivity index (χ2n) is 4.19. The molecular weight excluding hydrogens is 310 g/mol. The molecule has 8 heteroatoms. The van der Waals surface area contributed by atoms with Crippen LogP contribution < -0.4 is 5.32 Å². The summed E-state index contributed by atoms with van der Waals surface area (Å²) in [6.07, 6.45) is 7.63. The molecule has 2 aromatic heterocycles. The quantitative estimate of drug-likeness (QED) is 0.480. The molecule has 0 aliphatic heterocycles. The fourth-order valence-corrected chi connectivity index (χ4v) is 2.39. The molecule has 1 N–H and O–H groups in total. The Morgan fingerprint density at radius 2 is 2.38 bits per heavy atom. The van der Waals surface area contributed by atoms with Crippen molar-refractivity contribution < 1.29 is 4.79 Å². The Labute approximate surface area is 132 Å². The van der Waals surface area contributed by atoms with Gasteiger partial charge in [-0.3, -0.25) is 4.79 Å². The van der Waals surface area contributed by atoms with Crippen LogP contribution in [0.4, 0.5) is 0 Å². The number of carbonyl (C=O) groups is 1. The van der Waals surface area contributed by atoms with Crippen LogP contribution in [0.5, 0.6) is 0 Å². The van der Waals surface area contributed by atoms with Crippen molar-refractivity contribution in [2.45, 2.75) is 25.0 Å². The zero-order valence-corrected chi connectivity index (χ0v) is 13.2. The van der Waals surface area contributed by atoms with Gasteiger partial charge >= 0.3 is 0 Å². The Hall–Kier alpha value is -1.60. The minimum Gasteiger partial charge on any atom is -0.351 e. The minimum absolute atomic E-state index is 0.227. The predicted molar refractivity (Wildman–Crippen MR) is 82.6 cm³/mol. The van der Waals surface area contributed by atoms with Gasteiger partial charge in [-0.1, -0.05) is 30.3 Å². The first kappa shape index (κ1) is 15.8. The van der Waals surface area contributed by atoms with Crippen molar-refractivity contribution in [3.8, 4) is 0 Å². The van der Waals surface area contributed by atoms with Gasteiger partial charge in [0.1, 0.15) is 0 Å². The molecule has 2 rings (SSSR count). The molecule has 2 aromatic rings. The van der Waals surface area contributed by atoms with Gasteiger partial charge in [-0.15, -0.1) is 0 Å². The number of nitrogens with one attached hydrogen (secondary N) is 1. The van der Waals surface area contributed by atoms with Gasteiger partial charge in [-0.05, 0) is 12.2 Å². The van der Waals surface area contributed by atoms with Crippen molar-refractivity contribution in [1.29, 1.82) is 0 Å². The van der Waals surface area contributed by atoms with E-state index in [1.54, 1.807) is 12.5 Å². The van der Waals surface area contributed by atoms with Gasteiger partial charge in [0.05, 0.1) is 17.5 Å². The molecule has 0 fully saturated rings. The first-order valence-electron chi connectivity index (χ1n) is 6.60. The summed E-state index contributed by atoms with van der Waals surface area (Å²) >= 11 is 7.45. The fraction of sp³-hybridized carbons (Fsp3) is 0.385. The van der Waals surface area contributed by atoms with Crippen LogP contribution in [-0.4, -0.2) is 37.7 Å². The highest BCUT2D eigenvalue weighted by atomic mass is 35.5. The molecule has 0 bridgehead atoms. The van der Waals surface area contributed by atoms with E-state index >= 15 is 0 Å². The first-order chi connectivity index (χ1) is 10.2. The first-order valence-corrected chi connectivity index (χ1v) is 7.96. The van der Waals surface area contributed by atoms with E-state index in [1.165, 1.54) is 18.0 Å². The van der Waals surface area contributed by atoms with Crippen molar-refractivity contribution in [2.24, 2.45) is 0 Å². The maximum absolute atomic E-state index is 12.1. The van der Waals surface area contributed by atoms with E-state index in [-0.39, 0.29) is 16.6 Å². The van der Waals surface area contributed by atoms with Gasteiger partial charge in [-0.2, -0.15) is 0 Å². The molecule has 112 valence electrons. The number of imidazole rings is 1. The zero-order valence-electron chi connectivity index (χ0n) is 11.6. The lowest BCUT2D eigenvalue weighted by atomic mass is 10.3. The summed E-state index contributed by atoms with van der Waals surface area (Å²) in [6, 6.07) is 0. The second-order valence-corrected chi connectivity index (χ2v) is 5.83. The van der Waals surface area contributed by atoms with E-state index in [4.69, 9.17) is 11.6 Å². The fourth-order valence-electron chi connectivity index (χ4n) is 1.68. The summed E-state index contributed by atoms with van der Waals surface area (Å²) < 4.78 is 1.96. The molecule has 2 heterocycles. The molecular formula is C13H16ClN5OS. The molecule has 21 heavy (non-hydrogen) atoms. The summed E-state index contributed by atoms with van der Waals surface area (Å²) in [5.41, 5.74) is 0.227. The standard InChI is InChI=1S/C13H16ClN5OS/c1-2-21-13-17-8-10(14)11(18-13)12(20)16-4-3-6-19-7-5-15-9-19/h5,7-9H,2-4,6H2,1H3,(H,16,20). The SMILES string of the molecule is CCSc1ncc(Cl)c(C(=O)NCCCn2ccnc2)n1. The van der Waals surface area contributed by atoms with Gasteiger partial charge in [-0.25, -0.2) is 15.0 Å². The Balaban J connectivity index is 1.86. The van der Waals surface area contributed by atoms with Gasteiger partial charge in [0.2, 0.25) is 0 Å². The maximum atomic E-state index is 12.1. The number of hydrogen-bond acceptors (Lipinski definition) is 5. The van der Waals surface area contributed by atoms with Crippen LogP contribution in [0.3, 0.4) is 0 Å². The summed E-state index contributed by atoms with van der Waals surface area (Å²) in [7, 11) is 0. The zero-order chi connectivity index (χ0) is 15.1. The van der Waals surface area contributed by atoms with E-state index in [2.05, 4.69) is 20.3 Å². The van der Waals surface area contributed by atoms with E-state index < -0.39 is 0 Å². The lowest BCUT2D eigenvalue weighted by Crippen LogP contribution is -2.26. The monoisotopic (exact) mass is 325 g/mol. The van der Waals surface area contributed by atoms with Gasteiger partial charge in [0.25, 0.3) is 5.91 Å². The summed E-state index contributed by atoms with van der Waals surface area (Å²) in [5.74, 6) is 0.569. The molecule has 0 aliphatic carbocycles. The average molecular weight is 326 g/mol. The molecule has 0 radical (unpaired) electrons. The van der Waals surface area contributed by atoms with Crippen LogP contribution in [0.25, 0.3) is 0 Å². The van der Waals surface area contributed by atoms with E-state index in [1.807, 2.05) is 17.7 Å². The summed E-state index contributed by atoms with van der Waals surface area (Å²) in [4.78, 5) is 24.3. The summed E-state index contributed by atoms with van der Waals surface area (Å²) in [5, 5.41) is 3.64. The number of rotatable bonds is 7. The van der Waals surface area contributed by atoms with Crippen LogP contribution >= 0.6 is 23.4 Å². The number of halogens is 1. The molecule has 0 saturated carbocycles. The van der Waals surface area contributed by atoms with E-state index in [9.17, 15) is 4.79 Å². The number of aryl methyl sites for hydroxylation is 1. The van der Waals surface area contributed by atoms with Crippen LogP contribution in [0.1, 0.15) is 23.8 Å². The third-order valence-electron chi connectivity index (χ3n) is 2.65. The van der Waals surface area contributed by atoms with E-state index in [0.29, 0.717) is 11.7 Å². The van der Waals surface area contributed by atoms with Crippen LogP contribution in [0.15, 0.2) is 30.1 Å². The Morgan fingerprint density at radius 1 is 1.52 bits per heavy atom. The Morgan fingerprint density at radius 3 is 3.10 bits per heavy atom. The molecule has 0 aliphatic rings. The van der Waals surface area contributed by atoms with Crippen LogP contribution in [-0.2, 0) is 6.54 Å². The molecule has 1 amide bonds. The molecule has 0 unspecified atom stereocenters. The number of carbonyl (C=O) groups excluding carboxylic acids is 1. The lowest BCUT2D eigenvalue weighted by molar-refractivity contribution is 0.0947. The van der Waals surface area contributed by atoms with Gasteiger partial charge in [0, 0.05) is 25.5 Å². The number of nitrogens with zero attached hydrogens (tertiary/aromatic N) is 4. The number of thioether (sulfide) groups is 1. The largest absolute Gasteiger partial charge is 0.351 e. The van der Waals surface area contributed by atoms with Crippen LogP contribution in [0.2, 0.25) is 5.02 Å². The van der Waals surface area contributed by atoms with Crippen molar-refractivity contribution in [2.75, 3.05) is 12.3 Å². The second kappa shape index (κ2) is 7.99. The Kier molecular flexibility index (Phi) is 6.01. The third kappa shape index (κ3) is 4.71. The number of amides is 1. The van der Waals surface area contributed by atoms with Gasteiger partial charge < -0.3 is 9.88 Å². The summed E-state index contributed by atoms with van der Waals surface area (Å²) in [6.45, 7) is 3.35. The molecule has 0 saturated heterocycles. The highest BCUT2D eigenvalue weighted by Gasteiger charge is 2.13.